The summed E-state index contributed by atoms with van der Waals surface area (Å²) in [4.78, 5) is -0.472. The van der Waals surface area contributed by atoms with E-state index in [-0.39, 0.29) is 18.6 Å². The van der Waals surface area contributed by atoms with Gasteiger partial charge in [0.05, 0.1) is 0 Å². The van der Waals surface area contributed by atoms with Crippen molar-refractivity contribution in [1.82, 2.24) is 4.31 Å². The maximum absolute atomic E-state index is 13.8. The van der Waals surface area contributed by atoms with E-state index in [1.54, 1.807) is 6.92 Å². The summed E-state index contributed by atoms with van der Waals surface area (Å²) >= 11 is 0. The lowest BCUT2D eigenvalue weighted by Crippen LogP contribution is -2.44. The molecule has 0 bridgehead atoms. The van der Waals surface area contributed by atoms with Crippen molar-refractivity contribution in [3.63, 3.8) is 0 Å². The average molecular weight is 318 g/mol. The zero-order valence-corrected chi connectivity index (χ0v) is 12.7. The normalized spacial score (nSPS) is 23.5. The quantitative estimate of drug-likeness (QED) is 0.926. The van der Waals surface area contributed by atoms with Crippen LogP contribution in [0.25, 0.3) is 0 Å². The Bertz CT molecular complexity index is 599. The molecular weight excluding hydrogens is 298 g/mol. The fraction of sp³-hybridized carbons (Fsp3) is 0.571. The Morgan fingerprint density at radius 3 is 2.38 bits per heavy atom. The summed E-state index contributed by atoms with van der Waals surface area (Å²) in [5, 5.41) is 0. The van der Waals surface area contributed by atoms with Crippen molar-refractivity contribution in [3.05, 3.63) is 29.8 Å². The van der Waals surface area contributed by atoms with Gasteiger partial charge in [0, 0.05) is 24.7 Å². The molecule has 1 aromatic rings. The number of rotatable bonds is 4. The van der Waals surface area contributed by atoms with Crippen LogP contribution in [0.4, 0.5) is 8.78 Å². The van der Waals surface area contributed by atoms with E-state index in [4.69, 9.17) is 5.73 Å². The minimum absolute atomic E-state index is 0.102. The Hall–Kier alpha value is -1.05. The predicted molar refractivity (Wildman–Crippen MR) is 76.2 cm³/mol. The van der Waals surface area contributed by atoms with E-state index >= 15 is 0 Å². The minimum Gasteiger partial charge on any atom is -0.328 e. The molecule has 1 aliphatic rings. The van der Waals surface area contributed by atoms with Gasteiger partial charge in [-0.1, -0.05) is 6.92 Å². The van der Waals surface area contributed by atoms with Gasteiger partial charge in [-0.05, 0) is 37.8 Å². The highest BCUT2D eigenvalue weighted by Crippen LogP contribution is 2.28. The molecule has 21 heavy (non-hydrogen) atoms. The van der Waals surface area contributed by atoms with Crippen molar-refractivity contribution in [2.24, 2.45) is 5.73 Å². The zero-order valence-electron chi connectivity index (χ0n) is 11.9. The molecule has 2 N–H and O–H groups in total. The molecule has 2 rings (SSSR count). The first-order valence-electron chi connectivity index (χ1n) is 7.08. The number of hydrogen-bond acceptors (Lipinski definition) is 3. The van der Waals surface area contributed by atoms with Gasteiger partial charge in [0.25, 0.3) is 0 Å². The van der Waals surface area contributed by atoms with Crippen LogP contribution in [0.5, 0.6) is 0 Å². The molecule has 0 radical (unpaired) electrons. The molecule has 1 aliphatic carbocycles. The number of halogens is 2. The standard InChI is InChI=1S/C14H20F2N2O2S/c1-2-18(12-6-4-11(17)5-7-12)21(19,20)14-8-3-10(15)9-13(14)16/h3,8-9,11-12H,2,4-7,17H2,1H3. The van der Waals surface area contributed by atoms with Gasteiger partial charge in [0.2, 0.25) is 10.0 Å². The van der Waals surface area contributed by atoms with Crippen LogP contribution in [0.2, 0.25) is 0 Å². The second kappa shape index (κ2) is 6.37. The van der Waals surface area contributed by atoms with Gasteiger partial charge >= 0.3 is 0 Å². The smallest absolute Gasteiger partial charge is 0.246 e. The Labute approximate surface area is 124 Å². The maximum atomic E-state index is 13.8. The number of hydrogen-bond donors (Lipinski definition) is 1. The summed E-state index contributed by atoms with van der Waals surface area (Å²) in [6.45, 7) is 1.96. The van der Waals surface area contributed by atoms with Gasteiger partial charge in [0.15, 0.2) is 0 Å². The van der Waals surface area contributed by atoms with Crippen LogP contribution in [-0.2, 0) is 10.0 Å². The van der Waals surface area contributed by atoms with E-state index in [0.29, 0.717) is 18.9 Å². The molecule has 0 amide bonds. The summed E-state index contributed by atoms with van der Waals surface area (Å²) in [6.07, 6.45) is 2.83. The molecule has 7 heteroatoms. The lowest BCUT2D eigenvalue weighted by atomic mass is 9.92. The molecule has 0 spiro atoms. The number of sulfonamides is 1. The van der Waals surface area contributed by atoms with Gasteiger partial charge in [-0.2, -0.15) is 4.31 Å². The van der Waals surface area contributed by atoms with Crippen LogP contribution in [-0.4, -0.2) is 31.4 Å². The molecule has 0 heterocycles. The molecule has 1 fully saturated rings. The first-order valence-corrected chi connectivity index (χ1v) is 8.52. The molecule has 0 aliphatic heterocycles. The number of nitrogens with two attached hydrogens (primary N) is 1. The van der Waals surface area contributed by atoms with Gasteiger partial charge in [-0.15, -0.1) is 0 Å². The summed E-state index contributed by atoms with van der Waals surface area (Å²) in [5.74, 6) is -1.85. The Kier molecular flexibility index (Phi) is 4.95. The molecule has 118 valence electrons. The Balaban J connectivity index is 2.31. The third kappa shape index (κ3) is 3.41. The topological polar surface area (TPSA) is 63.4 Å². The van der Waals surface area contributed by atoms with Crippen LogP contribution in [0, 0.1) is 11.6 Å². The van der Waals surface area contributed by atoms with Crippen molar-refractivity contribution < 1.29 is 17.2 Å². The third-order valence-electron chi connectivity index (χ3n) is 3.94. The van der Waals surface area contributed by atoms with Crippen molar-refractivity contribution in [2.45, 2.75) is 49.6 Å². The van der Waals surface area contributed by atoms with Gasteiger partial charge in [-0.25, -0.2) is 17.2 Å². The Morgan fingerprint density at radius 2 is 1.86 bits per heavy atom. The van der Waals surface area contributed by atoms with Crippen LogP contribution in [0.15, 0.2) is 23.1 Å². The minimum atomic E-state index is -3.96. The van der Waals surface area contributed by atoms with E-state index in [0.717, 1.165) is 25.0 Å². The third-order valence-corrected chi connectivity index (χ3v) is 6.00. The summed E-state index contributed by atoms with van der Waals surface area (Å²) < 4.78 is 53.3. The molecule has 0 aromatic heterocycles. The SMILES string of the molecule is CCN(C1CCC(N)CC1)S(=O)(=O)c1ccc(F)cc1F. The summed E-state index contributed by atoms with van der Waals surface area (Å²) in [7, 11) is -3.96. The van der Waals surface area contributed by atoms with Crippen molar-refractivity contribution in [3.8, 4) is 0 Å². The predicted octanol–water partition coefficient (Wildman–Crippen LogP) is 2.25. The number of nitrogens with zero attached hydrogens (tertiary/aromatic N) is 1. The van der Waals surface area contributed by atoms with E-state index in [1.807, 2.05) is 0 Å². The van der Waals surface area contributed by atoms with E-state index in [2.05, 4.69) is 0 Å². The van der Waals surface area contributed by atoms with E-state index in [9.17, 15) is 17.2 Å². The average Bonchev–Trinajstić information content (AvgIpc) is 2.41. The summed E-state index contributed by atoms with van der Waals surface area (Å²) in [6, 6.07) is 2.46. The summed E-state index contributed by atoms with van der Waals surface area (Å²) in [5.41, 5.74) is 5.83. The monoisotopic (exact) mass is 318 g/mol. The van der Waals surface area contributed by atoms with Crippen LogP contribution in [0.1, 0.15) is 32.6 Å². The van der Waals surface area contributed by atoms with Gasteiger partial charge < -0.3 is 5.73 Å². The van der Waals surface area contributed by atoms with Gasteiger partial charge in [-0.3, -0.25) is 0 Å². The second-order valence-electron chi connectivity index (χ2n) is 5.35. The van der Waals surface area contributed by atoms with Crippen molar-refractivity contribution in [2.75, 3.05) is 6.54 Å². The molecule has 1 saturated carbocycles. The Morgan fingerprint density at radius 1 is 1.24 bits per heavy atom. The fourth-order valence-electron chi connectivity index (χ4n) is 2.82. The van der Waals surface area contributed by atoms with E-state index in [1.165, 1.54) is 4.31 Å². The van der Waals surface area contributed by atoms with Crippen LogP contribution < -0.4 is 5.73 Å². The van der Waals surface area contributed by atoms with Gasteiger partial charge in [0.1, 0.15) is 16.5 Å². The first kappa shape index (κ1) is 16.3. The molecule has 0 saturated heterocycles. The fourth-order valence-corrected chi connectivity index (χ4v) is 4.57. The van der Waals surface area contributed by atoms with E-state index < -0.39 is 26.6 Å². The molecule has 1 aromatic carbocycles. The molecule has 0 atom stereocenters. The van der Waals surface area contributed by atoms with Crippen molar-refractivity contribution in [1.29, 1.82) is 0 Å². The second-order valence-corrected chi connectivity index (χ2v) is 7.21. The highest BCUT2D eigenvalue weighted by Gasteiger charge is 2.34. The largest absolute Gasteiger partial charge is 0.328 e. The highest BCUT2D eigenvalue weighted by atomic mass is 32.2. The van der Waals surface area contributed by atoms with Crippen molar-refractivity contribution >= 4 is 10.0 Å². The zero-order chi connectivity index (χ0) is 15.6. The molecule has 4 nitrogen and oxygen atoms in total. The lowest BCUT2D eigenvalue weighted by molar-refractivity contribution is 0.246. The highest BCUT2D eigenvalue weighted by molar-refractivity contribution is 7.89. The molecule has 0 unspecified atom stereocenters. The maximum Gasteiger partial charge on any atom is 0.246 e. The number of benzene rings is 1. The van der Waals surface area contributed by atoms with Crippen LogP contribution >= 0.6 is 0 Å². The molecular formula is C14H20F2N2O2S. The first-order chi connectivity index (χ1) is 9.86. The van der Waals surface area contributed by atoms with Crippen LogP contribution in [0.3, 0.4) is 0 Å². The lowest BCUT2D eigenvalue weighted by Gasteiger charge is -2.34.